The molecule has 24 heavy (non-hydrogen) atoms. The third-order valence-corrected chi connectivity index (χ3v) is 3.85. The van der Waals surface area contributed by atoms with Crippen LogP contribution in [0.4, 0.5) is 14.5 Å². The molecule has 0 aliphatic heterocycles. The highest BCUT2D eigenvalue weighted by molar-refractivity contribution is 7.09. The molecule has 0 radical (unpaired) electrons. The molecule has 0 aliphatic carbocycles. The van der Waals surface area contributed by atoms with Crippen molar-refractivity contribution in [3.8, 4) is 11.5 Å². The number of alkyl halides is 2. The van der Waals surface area contributed by atoms with E-state index in [0.717, 1.165) is 4.88 Å². The van der Waals surface area contributed by atoms with E-state index in [1.54, 1.807) is 11.3 Å². The van der Waals surface area contributed by atoms with Gasteiger partial charge in [0, 0.05) is 29.6 Å². The molecule has 0 amide bonds. The number of nitro groups is 1. The zero-order chi connectivity index (χ0) is 16.8. The van der Waals surface area contributed by atoms with Crippen molar-refractivity contribution in [1.82, 2.24) is 5.32 Å². The van der Waals surface area contributed by atoms with Gasteiger partial charge in [-0.15, -0.1) is 23.7 Å². The van der Waals surface area contributed by atoms with Crippen molar-refractivity contribution in [3.63, 3.8) is 0 Å². The lowest BCUT2D eigenvalue weighted by molar-refractivity contribution is -0.385. The largest absolute Gasteiger partial charge is 0.488 e. The van der Waals surface area contributed by atoms with Crippen LogP contribution < -0.4 is 14.8 Å². The van der Waals surface area contributed by atoms with Crippen molar-refractivity contribution in [2.45, 2.75) is 19.7 Å². The summed E-state index contributed by atoms with van der Waals surface area (Å²) in [5, 5.41) is 16.0. The van der Waals surface area contributed by atoms with Crippen LogP contribution in [0.25, 0.3) is 0 Å². The summed E-state index contributed by atoms with van der Waals surface area (Å²) in [5.41, 5.74) is -0.0746. The first-order valence-corrected chi connectivity index (χ1v) is 7.43. The van der Waals surface area contributed by atoms with Crippen LogP contribution in [0.5, 0.6) is 11.5 Å². The van der Waals surface area contributed by atoms with Crippen molar-refractivity contribution in [3.05, 3.63) is 50.2 Å². The number of ether oxygens (including phenoxy) is 2. The van der Waals surface area contributed by atoms with Gasteiger partial charge in [-0.25, -0.2) is 0 Å². The lowest BCUT2D eigenvalue weighted by Crippen LogP contribution is -2.15. The molecule has 1 heterocycles. The number of rotatable bonds is 8. The third-order valence-electron chi connectivity index (χ3n) is 2.98. The number of nitrogens with zero attached hydrogens (tertiary/aromatic N) is 1. The molecule has 1 aromatic carbocycles. The van der Waals surface area contributed by atoms with Gasteiger partial charge in [-0.2, -0.15) is 8.78 Å². The molecule has 0 saturated heterocycles. The Balaban J connectivity index is 0.00000288. The summed E-state index contributed by atoms with van der Waals surface area (Å²) in [4.78, 5) is 11.3. The molecule has 0 saturated carbocycles. The highest BCUT2D eigenvalue weighted by Crippen LogP contribution is 2.40. The number of nitro benzene ring substituents is 1. The van der Waals surface area contributed by atoms with E-state index in [1.165, 1.54) is 19.2 Å². The van der Waals surface area contributed by atoms with Crippen LogP contribution in [0.2, 0.25) is 0 Å². The quantitative estimate of drug-likeness (QED) is 0.554. The van der Waals surface area contributed by atoms with Crippen LogP contribution in [0.3, 0.4) is 0 Å². The van der Waals surface area contributed by atoms with Crippen LogP contribution in [0.1, 0.15) is 10.4 Å². The van der Waals surface area contributed by atoms with Crippen molar-refractivity contribution in [2.24, 2.45) is 0 Å². The van der Waals surface area contributed by atoms with Gasteiger partial charge >= 0.3 is 12.3 Å². The van der Waals surface area contributed by atoms with E-state index in [-0.39, 0.29) is 30.5 Å². The Morgan fingerprint density at radius 2 is 2.04 bits per heavy atom. The maximum absolute atomic E-state index is 12.6. The minimum atomic E-state index is -3.11. The number of benzene rings is 1. The van der Waals surface area contributed by atoms with E-state index in [2.05, 4.69) is 10.1 Å². The Kier molecular flexibility index (Phi) is 7.83. The Morgan fingerprint density at radius 1 is 1.29 bits per heavy atom. The minimum absolute atomic E-state index is 0. The standard InChI is InChI=1S/C14H14F2N2O4S.ClH/c1-21-13-11(18(19)20)5-4-9(12(13)22-14(15)16)7-17-8-10-3-2-6-23-10;/h2-6,14,17H,7-8H2,1H3;1H. The monoisotopic (exact) mass is 380 g/mol. The maximum Gasteiger partial charge on any atom is 0.387 e. The molecule has 1 N–H and O–H groups in total. The average molecular weight is 381 g/mol. The number of thiophene rings is 1. The molecule has 0 fully saturated rings. The average Bonchev–Trinajstić information content (AvgIpc) is 3.00. The predicted octanol–water partition coefficient (Wildman–Crippen LogP) is 3.98. The van der Waals surface area contributed by atoms with Crippen LogP contribution >= 0.6 is 23.7 Å². The van der Waals surface area contributed by atoms with E-state index in [1.807, 2.05) is 17.5 Å². The van der Waals surface area contributed by atoms with Gasteiger partial charge in [-0.1, -0.05) is 6.07 Å². The Bertz CT molecular complexity index is 671. The van der Waals surface area contributed by atoms with Crippen LogP contribution in [-0.2, 0) is 13.1 Å². The fourth-order valence-corrected chi connectivity index (χ4v) is 2.70. The molecule has 2 aromatic rings. The highest BCUT2D eigenvalue weighted by atomic mass is 35.5. The second kappa shape index (κ2) is 9.36. The molecule has 0 spiro atoms. The Hall–Kier alpha value is -1.97. The minimum Gasteiger partial charge on any atom is -0.488 e. The third kappa shape index (κ3) is 5.02. The Morgan fingerprint density at radius 3 is 2.58 bits per heavy atom. The van der Waals surface area contributed by atoms with Gasteiger partial charge in [-0.3, -0.25) is 10.1 Å². The summed E-state index contributed by atoms with van der Waals surface area (Å²) < 4.78 is 34.6. The van der Waals surface area contributed by atoms with Crippen LogP contribution in [-0.4, -0.2) is 18.6 Å². The molecule has 0 bridgehead atoms. The smallest absolute Gasteiger partial charge is 0.387 e. The zero-order valence-corrected chi connectivity index (χ0v) is 14.2. The zero-order valence-electron chi connectivity index (χ0n) is 12.5. The summed E-state index contributed by atoms with van der Waals surface area (Å²) in [6, 6.07) is 6.42. The van der Waals surface area contributed by atoms with E-state index >= 15 is 0 Å². The summed E-state index contributed by atoms with van der Waals surface area (Å²) >= 11 is 1.56. The number of methoxy groups -OCH3 is 1. The molecule has 6 nitrogen and oxygen atoms in total. The number of hydrogen-bond donors (Lipinski definition) is 1. The van der Waals surface area contributed by atoms with Gasteiger partial charge in [0.2, 0.25) is 5.75 Å². The summed E-state index contributed by atoms with van der Waals surface area (Å²) in [5.74, 6) is -0.638. The van der Waals surface area contributed by atoms with Crippen molar-refractivity contribution in [1.29, 1.82) is 0 Å². The van der Waals surface area contributed by atoms with E-state index < -0.39 is 17.2 Å². The van der Waals surface area contributed by atoms with Crippen LogP contribution in [0, 0.1) is 10.1 Å². The predicted molar refractivity (Wildman–Crippen MR) is 88.4 cm³/mol. The van der Waals surface area contributed by atoms with Gasteiger partial charge in [0.1, 0.15) is 0 Å². The summed E-state index contributed by atoms with van der Waals surface area (Å²) in [6.45, 7) is -2.36. The van der Waals surface area contributed by atoms with Crippen molar-refractivity contribution < 1.29 is 23.2 Å². The molecule has 10 heteroatoms. The topological polar surface area (TPSA) is 73.6 Å². The molecule has 1 aromatic heterocycles. The highest BCUT2D eigenvalue weighted by Gasteiger charge is 2.25. The summed E-state index contributed by atoms with van der Waals surface area (Å²) in [6.07, 6.45) is 0. The molecule has 0 atom stereocenters. The second-order valence-electron chi connectivity index (χ2n) is 4.42. The molecule has 132 valence electrons. The fourth-order valence-electron chi connectivity index (χ4n) is 2.03. The van der Waals surface area contributed by atoms with Crippen molar-refractivity contribution in [2.75, 3.05) is 7.11 Å². The first-order valence-electron chi connectivity index (χ1n) is 6.55. The van der Waals surface area contributed by atoms with Gasteiger partial charge in [0.15, 0.2) is 5.75 Å². The van der Waals surface area contributed by atoms with Gasteiger partial charge < -0.3 is 14.8 Å². The molecule has 2 rings (SSSR count). The molecule has 0 aliphatic rings. The first-order chi connectivity index (χ1) is 11.0. The molecule has 0 unspecified atom stereocenters. The maximum atomic E-state index is 12.6. The molecular formula is C14H15ClF2N2O4S. The van der Waals surface area contributed by atoms with Crippen molar-refractivity contribution >= 4 is 29.4 Å². The lowest BCUT2D eigenvalue weighted by Gasteiger charge is -2.15. The van der Waals surface area contributed by atoms with E-state index in [0.29, 0.717) is 12.1 Å². The second-order valence-corrected chi connectivity index (χ2v) is 5.46. The lowest BCUT2D eigenvalue weighted by atomic mass is 10.1. The SMILES string of the molecule is COc1c([N+](=O)[O-])ccc(CNCc2cccs2)c1OC(F)F.Cl. The molecular weight excluding hydrogens is 366 g/mol. The number of hydrogen-bond acceptors (Lipinski definition) is 6. The van der Waals surface area contributed by atoms with E-state index in [9.17, 15) is 18.9 Å². The number of halogens is 3. The van der Waals surface area contributed by atoms with Gasteiger partial charge in [0.05, 0.1) is 12.0 Å². The fraction of sp³-hybridized carbons (Fsp3) is 0.286. The van der Waals surface area contributed by atoms with Gasteiger partial charge in [0.25, 0.3) is 0 Å². The van der Waals surface area contributed by atoms with E-state index in [4.69, 9.17) is 4.74 Å². The Labute approximate surface area is 147 Å². The van der Waals surface area contributed by atoms with Gasteiger partial charge in [-0.05, 0) is 17.5 Å². The number of nitrogens with one attached hydrogen (secondary N) is 1. The summed E-state index contributed by atoms with van der Waals surface area (Å²) in [7, 11) is 1.17. The first kappa shape index (κ1) is 20.1. The normalized spacial score (nSPS) is 10.3. The van der Waals surface area contributed by atoms with Crippen LogP contribution in [0.15, 0.2) is 29.6 Å².